The zero-order chi connectivity index (χ0) is 17.8. The van der Waals surface area contributed by atoms with E-state index in [2.05, 4.69) is 20.4 Å². The van der Waals surface area contributed by atoms with Crippen LogP contribution in [0.4, 0.5) is 13.2 Å². The summed E-state index contributed by atoms with van der Waals surface area (Å²) < 4.78 is 45.8. The third-order valence-electron chi connectivity index (χ3n) is 2.97. The van der Waals surface area contributed by atoms with E-state index in [1.54, 1.807) is 7.05 Å². The van der Waals surface area contributed by atoms with Gasteiger partial charge < -0.3 is 20.1 Å². The van der Waals surface area contributed by atoms with Gasteiger partial charge in [-0.15, -0.1) is 24.0 Å². The molecule has 1 aromatic carbocycles. The van der Waals surface area contributed by atoms with Crippen LogP contribution in [0.2, 0.25) is 0 Å². The van der Waals surface area contributed by atoms with Gasteiger partial charge in [-0.05, 0) is 19.4 Å². The molecule has 0 aliphatic heterocycles. The van der Waals surface area contributed by atoms with Crippen molar-refractivity contribution in [3.05, 3.63) is 29.8 Å². The minimum absolute atomic E-state index is 0. The summed E-state index contributed by atoms with van der Waals surface area (Å²) in [6, 6.07) is 7.68. The first-order valence-corrected chi connectivity index (χ1v) is 7.76. The number of guanidine groups is 1. The molecule has 0 aliphatic rings. The molecule has 0 heterocycles. The summed E-state index contributed by atoms with van der Waals surface area (Å²) >= 11 is 0. The Morgan fingerprint density at radius 1 is 1.20 bits per heavy atom. The number of para-hydroxylation sites is 1. The second kappa shape index (κ2) is 13.0. The van der Waals surface area contributed by atoms with Crippen molar-refractivity contribution in [2.75, 3.05) is 33.4 Å². The van der Waals surface area contributed by atoms with Crippen LogP contribution in [0, 0.1) is 0 Å². The van der Waals surface area contributed by atoms with E-state index in [0.717, 1.165) is 11.3 Å². The highest BCUT2D eigenvalue weighted by Gasteiger charge is 2.27. The molecule has 9 heteroatoms. The zero-order valence-electron chi connectivity index (χ0n) is 14.4. The van der Waals surface area contributed by atoms with Crippen LogP contribution in [0.15, 0.2) is 29.3 Å². The minimum atomic E-state index is -4.28. The third-order valence-corrected chi connectivity index (χ3v) is 2.97. The summed E-state index contributed by atoms with van der Waals surface area (Å²) in [6.45, 7) is 2.32. The molecule has 1 rings (SSSR count). The van der Waals surface area contributed by atoms with Crippen molar-refractivity contribution in [2.24, 2.45) is 4.99 Å². The molecule has 0 spiro atoms. The fourth-order valence-electron chi connectivity index (χ4n) is 1.91. The van der Waals surface area contributed by atoms with Crippen LogP contribution < -0.4 is 15.4 Å². The Balaban J connectivity index is 0.00000576. The van der Waals surface area contributed by atoms with Gasteiger partial charge in [0.15, 0.2) is 5.96 Å². The maximum absolute atomic E-state index is 11.9. The predicted molar refractivity (Wildman–Crippen MR) is 103 cm³/mol. The normalized spacial score (nSPS) is 11.6. The number of hydrogen-bond donors (Lipinski definition) is 2. The van der Waals surface area contributed by atoms with Crippen LogP contribution in [0.25, 0.3) is 0 Å². The standard InChI is InChI=1S/C16H24F3N3O2.HI/c1-3-24-14-8-5-4-7-13(14)11-22-15(20-2)21-9-6-10-23-12-16(17,18)19;/h4-5,7-8H,3,6,9-12H2,1-2H3,(H2,20,21,22);1H. The van der Waals surface area contributed by atoms with Gasteiger partial charge in [-0.25, -0.2) is 0 Å². The molecule has 0 aromatic heterocycles. The van der Waals surface area contributed by atoms with Crippen molar-refractivity contribution in [1.82, 2.24) is 10.6 Å². The van der Waals surface area contributed by atoms with E-state index in [1.165, 1.54) is 0 Å². The van der Waals surface area contributed by atoms with Crippen molar-refractivity contribution in [2.45, 2.75) is 26.1 Å². The van der Waals surface area contributed by atoms with Crippen molar-refractivity contribution < 1.29 is 22.6 Å². The van der Waals surface area contributed by atoms with Crippen molar-refractivity contribution >= 4 is 29.9 Å². The highest BCUT2D eigenvalue weighted by molar-refractivity contribution is 14.0. The van der Waals surface area contributed by atoms with Crippen LogP contribution in [-0.2, 0) is 11.3 Å². The summed E-state index contributed by atoms with van der Waals surface area (Å²) in [6.07, 6.45) is -3.83. The molecule has 0 saturated carbocycles. The molecule has 0 atom stereocenters. The van der Waals surface area contributed by atoms with E-state index in [-0.39, 0.29) is 30.6 Å². The van der Waals surface area contributed by atoms with E-state index in [9.17, 15) is 13.2 Å². The monoisotopic (exact) mass is 475 g/mol. The summed E-state index contributed by atoms with van der Waals surface area (Å²) in [5, 5.41) is 6.16. The maximum atomic E-state index is 11.9. The molecular formula is C16H25F3IN3O2. The molecule has 144 valence electrons. The topological polar surface area (TPSA) is 54.9 Å². The van der Waals surface area contributed by atoms with Crippen molar-refractivity contribution in [1.29, 1.82) is 0 Å². The molecule has 0 fully saturated rings. The number of rotatable bonds is 9. The Hall–Kier alpha value is -1.23. The van der Waals surface area contributed by atoms with E-state index in [1.807, 2.05) is 31.2 Å². The quantitative estimate of drug-likeness (QED) is 0.249. The van der Waals surface area contributed by atoms with Crippen LogP contribution in [0.5, 0.6) is 5.75 Å². The van der Waals surface area contributed by atoms with Gasteiger partial charge in [0, 0.05) is 32.3 Å². The number of nitrogens with zero attached hydrogens (tertiary/aromatic N) is 1. The largest absolute Gasteiger partial charge is 0.494 e. The highest BCUT2D eigenvalue weighted by atomic mass is 127. The summed E-state index contributed by atoms with van der Waals surface area (Å²) in [5.41, 5.74) is 0.996. The van der Waals surface area contributed by atoms with Crippen LogP contribution in [0.3, 0.4) is 0 Å². The van der Waals surface area contributed by atoms with E-state index < -0.39 is 12.8 Å². The molecule has 1 aromatic rings. The lowest BCUT2D eigenvalue weighted by molar-refractivity contribution is -0.173. The van der Waals surface area contributed by atoms with E-state index in [0.29, 0.717) is 32.1 Å². The highest BCUT2D eigenvalue weighted by Crippen LogP contribution is 2.17. The Bertz CT molecular complexity index is 514. The first-order chi connectivity index (χ1) is 11.5. The SMILES string of the molecule is CCOc1ccccc1CNC(=NC)NCCCOCC(F)(F)F.I. The molecular weight excluding hydrogens is 450 g/mol. The van der Waals surface area contributed by atoms with Gasteiger partial charge in [-0.1, -0.05) is 18.2 Å². The lowest BCUT2D eigenvalue weighted by Crippen LogP contribution is -2.37. The molecule has 0 aliphatic carbocycles. The number of halogens is 4. The number of benzene rings is 1. The molecule has 2 N–H and O–H groups in total. The van der Waals surface area contributed by atoms with Gasteiger partial charge in [0.05, 0.1) is 6.61 Å². The van der Waals surface area contributed by atoms with Crippen molar-refractivity contribution in [3.8, 4) is 5.75 Å². The molecule has 0 amide bonds. The second-order valence-corrected chi connectivity index (χ2v) is 4.91. The number of hydrogen-bond acceptors (Lipinski definition) is 3. The lowest BCUT2D eigenvalue weighted by atomic mass is 10.2. The fraction of sp³-hybridized carbons (Fsp3) is 0.562. The number of ether oxygens (including phenoxy) is 2. The number of aliphatic imine (C=N–C) groups is 1. The molecule has 25 heavy (non-hydrogen) atoms. The molecule has 5 nitrogen and oxygen atoms in total. The summed E-state index contributed by atoms with van der Waals surface area (Å²) in [7, 11) is 1.63. The molecule has 0 saturated heterocycles. The van der Waals surface area contributed by atoms with Gasteiger partial charge in [0.2, 0.25) is 0 Å². The zero-order valence-corrected chi connectivity index (χ0v) is 16.7. The van der Waals surface area contributed by atoms with Gasteiger partial charge >= 0.3 is 6.18 Å². The smallest absolute Gasteiger partial charge is 0.411 e. The van der Waals surface area contributed by atoms with E-state index in [4.69, 9.17) is 4.74 Å². The Morgan fingerprint density at radius 3 is 2.56 bits per heavy atom. The van der Waals surface area contributed by atoms with Gasteiger partial charge in [0.25, 0.3) is 0 Å². The average Bonchev–Trinajstić information content (AvgIpc) is 2.54. The predicted octanol–water partition coefficient (Wildman–Crippen LogP) is 3.34. The van der Waals surface area contributed by atoms with Crippen molar-refractivity contribution in [3.63, 3.8) is 0 Å². The lowest BCUT2D eigenvalue weighted by Gasteiger charge is -2.14. The Kier molecular flexibility index (Phi) is 12.4. The van der Waals surface area contributed by atoms with Crippen LogP contribution in [0.1, 0.15) is 18.9 Å². The third kappa shape index (κ3) is 11.1. The Morgan fingerprint density at radius 2 is 1.92 bits per heavy atom. The minimum Gasteiger partial charge on any atom is -0.494 e. The molecule has 0 bridgehead atoms. The number of alkyl halides is 3. The summed E-state index contributed by atoms with van der Waals surface area (Å²) in [5.74, 6) is 1.38. The summed E-state index contributed by atoms with van der Waals surface area (Å²) in [4.78, 5) is 4.07. The maximum Gasteiger partial charge on any atom is 0.411 e. The van der Waals surface area contributed by atoms with Gasteiger partial charge in [-0.2, -0.15) is 13.2 Å². The number of nitrogens with one attached hydrogen (secondary N) is 2. The molecule has 0 unspecified atom stereocenters. The first-order valence-electron chi connectivity index (χ1n) is 7.76. The van der Waals surface area contributed by atoms with Gasteiger partial charge in [-0.3, -0.25) is 4.99 Å². The first kappa shape index (κ1) is 23.8. The fourth-order valence-corrected chi connectivity index (χ4v) is 1.91. The van der Waals surface area contributed by atoms with Crippen LogP contribution in [-0.4, -0.2) is 45.5 Å². The van der Waals surface area contributed by atoms with Crippen LogP contribution >= 0.6 is 24.0 Å². The average molecular weight is 475 g/mol. The Labute approximate surface area is 163 Å². The second-order valence-electron chi connectivity index (χ2n) is 4.91. The molecule has 0 radical (unpaired) electrons. The van der Waals surface area contributed by atoms with Gasteiger partial charge in [0.1, 0.15) is 12.4 Å². The van der Waals surface area contributed by atoms with E-state index >= 15 is 0 Å².